The van der Waals surface area contributed by atoms with Crippen molar-refractivity contribution in [2.45, 2.75) is 19.8 Å². The summed E-state index contributed by atoms with van der Waals surface area (Å²) in [5.41, 5.74) is 9.50. The molecule has 18 heavy (non-hydrogen) atoms. The molecule has 0 radical (unpaired) electrons. The minimum absolute atomic E-state index is 0.0639. The van der Waals surface area contributed by atoms with Crippen molar-refractivity contribution in [1.82, 2.24) is 4.90 Å². The molecule has 1 aromatic carbocycles. The van der Waals surface area contributed by atoms with Crippen LogP contribution in [0, 0.1) is 5.92 Å². The van der Waals surface area contributed by atoms with E-state index >= 15 is 0 Å². The quantitative estimate of drug-likeness (QED) is 0.446. The number of carbonyl (C=O) groups is 1. The first kappa shape index (κ1) is 12.5. The van der Waals surface area contributed by atoms with Gasteiger partial charge in [0.1, 0.15) is 0 Å². The Morgan fingerprint density at radius 2 is 2.17 bits per heavy atom. The molecule has 5 nitrogen and oxygen atoms in total. The first-order valence-electron chi connectivity index (χ1n) is 6.15. The number of benzene rings is 1. The molecule has 1 aliphatic heterocycles. The number of piperidine rings is 1. The summed E-state index contributed by atoms with van der Waals surface area (Å²) < 4.78 is 0. The standard InChI is InChI=1S/C13H16N4O/c1-10-3-2-8-17(9-10)13(18)11-4-6-12(7-5-11)15-16-14/h4-7,10H,2-3,8-9H2,1H3. The zero-order valence-electron chi connectivity index (χ0n) is 10.4. The lowest BCUT2D eigenvalue weighted by atomic mass is 9.99. The second-order valence-corrected chi connectivity index (χ2v) is 4.73. The first-order valence-corrected chi connectivity index (χ1v) is 6.15. The summed E-state index contributed by atoms with van der Waals surface area (Å²) in [5.74, 6) is 0.638. The fourth-order valence-electron chi connectivity index (χ4n) is 2.28. The predicted octanol–water partition coefficient (Wildman–Crippen LogP) is 3.50. The normalized spacial score (nSPS) is 19.2. The molecule has 2 rings (SSSR count). The zero-order valence-corrected chi connectivity index (χ0v) is 10.4. The minimum atomic E-state index is 0.0639. The maximum atomic E-state index is 12.2. The van der Waals surface area contributed by atoms with E-state index in [1.165, 1.54) is 6.42 Å². The van der Waals surface area contributed by atoms with Gasteiger partial charge >= 0.3 is 0 Å². The van der Waals surface area contributed by atoms with Gasteiger partial charge in [-0.15, -0.1) is 0 Å². The van der Waals surface area contributed by atoms with E-state index in [1.807, 2.05) is 4.90 Å². The highest BCUT2D eigenvalue weighted by molar-refractivity contribution is 5.94. The molecular formula is C13H16N4O. The third-order valence-electron chi connectivity index (χ3n) is 3.22. The molecule has 1 saturated heterocycles. The van der Waals surface area contributed by atoms with E-state index in [1.54, 1.807) is 24.3 Å². The number of hydrogen-bond acceptors (Lipinski definition) is 2. The molecule has 94 valence electrons. The average Bonchev–Trinajstić information content (AvgIpc) is 2.39. The van der Waals surface area contributed by atoms with Gasteiger partial charge in [-0.25, -0.2) is 0 Å². The van der Waals surface area contributed by atoms with Gasteiger partial charge in [0.15, 0.2) is 0 Å². The highest BCUT2D eigenvalue weighted by Gasteiger charge is 2.21. The van der Waals surface area contributed by atoms with Gasteiger partial charge in [0.05, 0.1) is 0 Å². The molecular weight excluding hydrogens is 228 g/mol. The lowest BCUT2D eigenvalue weighted by Crippen LogP contribution is -2.39. The Labute approximate surface area is 106 Å². The smallest absolute Gasteiger partial charge is 0.253 e. The topological polar surface area (TPSA) is 69.1 Å². The minimum Gasteiger partial charge on any atom is -0.338 e. The van der Waals surface area contributed by atoms with E-state index < -0.39 is 0 Å². The van der Waals surface area contributed by atoms with Gasteiger partial charge < -0.3 is 4.90 Å². The van der Waals surface area contributed by atoms with Crippen molar-refractivity contribution < 1.29 is 4.79 Å². The Hall–Kier alpha value is -2.00. The molecule has 1 fully saturated rings. The van der Waals surface area contributed by atoms with Crippen molar-refractivity contribution in [2.75, 3.05) is 13.1 Å². The number of hydrogen-bond donors (Lipinski definition) is 0. The third kappa shape index (κ3) is 2.81. The average molecular weight is 244 g/mol. The van der Waals surface area contributed by atoms with Crippen LogP contribution in [-0.4, -0.2) is 23.9 Å². The number of amides is 1. The number of azide groups is 1. The van der Waals surface area contributed by atoms with Crippen LogP contribution in [0.2, 0.25) is 0 Å². The van der Waals surface area contributed by atoms with Crippen LogP contribution in [0.4, 0.5) is 5.69 Å². The van der Waals surface area contributed by atoms with E-state index in [-0.39, 0.29) is 5.91 Å². The SMILES string of the molecule is CC1CCCN(C(=O)c2ccc(N=[N+]=[N-])cc2)C1. The van der Waals surface area contributed by atoms with Gasteiger partial charge in [0.25, 0.3) is 5.91 Å². The Morgan fingerprint density at radius 3 is 2.78 bits per heavy atom. The lowest BCUT2D eigenvalue weighted by Gasteiger charge is -2.31. The van der Waals surface area contributed by atoms with Gasteiger partial charge in [-0.1, -0.05) is 24.2 Å². The highest BCUT2D eigenvalue weighted by Crippen LogP contribution is 2.19. The van der Waals surface area contributed by atoms with Crippen LogP contribution in [0.15, 0.2) is 29.4 Å². The number of nitrogens with zero attached hydrogens (tertiary/aromatic N) is 4. The second-order valence-electron chi connectivity index (χ2n) is 4.73. The molecule has 0 bridgehead atoms. The van der Waals surface area contributed by atoms with Crippen molar-refractivity contribution in [1.29, 1.82) is 0 Å². The zero-order chi connectivity index (χ0) is 13.0. The molecule has 1 atom stereocenters. The van der Waals surface area contributed by atoms with Crippen LogP contribution in [0.5, 0.6) is 0 Å². The van der Waals surface area contributed by atoms with E-state index in [4.69, 9.17) is 5.53 Å². The maximum absolute atomic E-state index is 12.2. The molecule has 1 amide bonds. The number of rotatable bonds is 2. The van der Waals surface area contributed by atoms with E-state index in [2.05, 4.69) is 16.9 Å². The molecule has 1 unspecified atom stereocenters. The molecule has 1 aliphatic rings. The summed E-state index contributed by atoms with van der Waals surface area (Å²) in [7, 11) is 0. The Kier molecular flexibility index (Phi) is 3.85. The van der Waals surface area contributed by atoms with Crippen LogP contribution >= 0.6 is 0 Å². The molecule has 0 aliphatic carbocycles. The van der Waals surface area contributed by atoms with Crippen molar-refractivity contribution in [3.8, 4) is 0 Å². The Morgan fingerprint density at radius 1 is 1.44 bits per heavy atom. The lowest BCUT2D eigenvalue weighted by molar-refractivity contribution is 0.0683. The van der Waals surface area contributed by atoms with Gasteiger partial charge in [-0.2, -0.15) is 0 Å². The fourth-order valence-corrected chi connectivity index (χ4v) is 2.28. The Balaban J connectivity index is 2.10. The van der Waals surface area contributed by atoms with Crippen LogP contribution in [0.3, 0.4) is 0 Å². The molecule has 0 aromatic heterocycles. The summed E-state index contributed by atoms with van der Waals surface area (Å²) in [4.78, 5) is 16.8. The van der Waals surface area contributed by atoms with E-state index in [9.17, 15) is 4.79 Å². The van der Waals surface area contributed by atoms with Gasteiger partial charge in [-0.05, 0) is 36.4 Å². The molecule has 5 heteroatoms. The van der Waals surface area contributed by atoms with Gasteiger partial charge in [0.2, 0.25) is 0 Å². The monoisotopic (exact) mass is 244 g/mol. The van der Waals surface area contributed by atoms with Crippen molar-refractivity contribution in [3.63, 3.8) is 0 Å². The number of carbonyl (C=O) groups excluding carboxylic acids is 1. The predicted molar refractivity (Wildman–Crippen MR) is 69.5 cm³/mol. The summed E-state index contributed by atoms with van der Waals surface area (Å²) in [5, 5.41) is 3.49. The van der Waals surface area contributed by atoms with Gasteiger partial charge in [-0.3, -0.25) is 4.79 Å². The first-order chi connectivity index (χ1) is 8.70. The Bertz CT molecular complexity index is 476. The molecule has 1 aromatic rings. The molecule has 1 heterocycles. The van der Waals surface area contributed by atoms with E-state index in [0.29, 0.717) is 17.2 Å². The summed E-state index contributed by atoms with van der Waals surface area (Å²) in [6.07, 6.45) is 2.27. The highest BCUT2D eigenvalue weighted by atomic mass is 16.2. The van der Waals surface area contributed by atoms with E-state index in [0.717, 1.165) is 19.5 Å². The summed E-state index contributed by atoms with van der Waals surface area (Å²) >= 11 is 0. The van der Waals surface area contributed by atoms with Crippen molar-refractivity contribution >= 4 is 11.6 Å². The van der Waals surface area contributed by atoms with Crippen LogP contribution < -0.4 is 0 Å². The molecule has 0 spiro atoms. The molecule has 0 saturated carbocycles. The largest absolute Gasteiger partial charge is 0.338 e. The van der Waals surface area contributed by atoms with Crippen LogP contribution in [-0.2, 0) is 0 Å². The van der Waals surface area contributed by atoms with Crippen molar-refractivity contribution in [3.05, 3.63) is 40.3 Å². The number of likely N-dealkylation sites (tertiary alicyclic amines) is 1. The van der Waals surface area contributed by atoms with Gasteiger partial charge in [0, 0.05) is 29.3 Å². The summed E-state index contributed by atoms with van der Waals surface area (Å²) in [6, 6.07) is 6.76. The third-order valence-corrected chi connectivity index (χ3v) is 3.22. The van der Waals surface area contributed by atoms with Crippen LogP contribution in [0.1, 0.15) is 30.1 Å². The van der Waals surface area contributed by atoms with Crippen LogP contribution in [0.25, 0.3) is 10.4 Å². The second kappa shape index (κ2) is 5.56. The maximum Gasteiger partial charge on any atom is 0.253 e. The fraction of sp³-hybridized carbons (Fsp3) is 0.462. The van der Waals surface area contributed by atoms with Crippen molar-refractivity contribution in [2.24, 2.45) is 11.0 Å². The summed E-state index contributed by atoms with van der Waals surface area (Å²) in [6.45, 7) is 3.84. The molecule has 0 N–H and O–H groups in total.